The van der Waals surface area contributed by atoms with E-state index >= 15 is 0 Å². The highest BCUT2D eigenvalue weighted by Gasteiger charge is 2.20. The van der Waals surface area contributed by atoms with Crippen molar-refractivity contribution in [1.82, 2.24) is 14.8 Å². The van der Waals surface area contributed by atoms with Crippen LogP contribution in [0.4, 0.5) is 16.2 Å². The van der Waals surface area contributed by atoms with Crippen LogP contribution in [0.15, 0.2) is 60.7 Å². The van der Waals surface area contributed by atoms with Crippen LogP contribution in [0.3, 0.4) is 0 Å². The zero-order valence-corrected chi connectivity index (χ0v) is 15.2. The average molecular weight is 361 g/mol. The molecule has 1 N–H and O–H groups in total. The second-order valence-electron chi connectivity index (χ2n) is 6.70. The van der Waals surface area contributed by atoms with Gasteiger partial charge in [0, 0.05) is 24.3 Å². The van der Waals surface area contributed by atoms with Crippen LogP contribution in [-0.4, -0.2) is 20.8 Å². The van der Waals surface area contributed by atoms with Crippen LogP contribution in [0, 0.1) is 0 Å². The number of para-hydroxylation sites is 2. The molecule has 0 aliphatic carbocycles. The zero-order chi connectivity index (χ0) is 18.5. The van der Waals surface area contributed by atoms with Gasteiger partial charge in [0.2, 0.25) is 0 Å². The number of benzene rings is 2. The highest BCUT2D eigenvalue weighted by molar-refractivity contribution is 6.01. The van der Waals surface area contributed by atoms with Gasteiger partial charge in [0.15, 0.2) is 5.82 Å². The monoisotopic (exact) mass is 361 g/mol. The van der Waals surface area contributed by atoms with Crippen molar-refractivity contribution in [2.45, 2.75) is 38.8 Å². The number of aromatic nitrogens is 3. The summed E-state index contributed by atoms with van der Waals surface area (Å²) in [5.41, 5.74) is 1.58. The lowest BCUT2D eigenvalue weighted by atomic mass is 10.2. The molecule has 0 saturated carbocycles. The van der Waals surface area contributed by atoms with E-state index in [2.05, 4.69) is 10.4 Å². The van der Waals surface area contributed by atoms with Gasteiger partial charge in [-0.2, -0.15) is 5.10 Å². The maximum Gasteiger partial charge on any atom is 0.326 e. The molecule has 2 aromatic carbocycles. The summed E-state index contributed by atoms with van der Waals surface area (Å²) < 4.78 is 2.00. The Morgan fingerprint density at radius 1 is 1.00 bits per heavy atom. The number of hydrogen-bond acceptors (Lipinski definition) is 3. The van der Waals surface area contributed by atoms with Crippen molar-refractivity contribution < 1.29 is 4.79 Å². The molecule has 1 aliphatic heterocycles. The van der Waals surface area contributed by atoms with Gasteiger partial charge in [-0.25, -0.2) is 14.5 Å². The number of nitrogens with zero attached hydrogens (tertiary/aromatic N) is 4. The van der Waals surface area contributed by atoms with Crippen molar-refractivity contribution >= 4 is 17.4 Å². The molecule has 3 aromatic rings. The van der Waals surface area contributed by atoms with E-state index in [1.165, 1.54) is 6.42 Å². The van der Waals surface area contributed by atoms with E-state index < -0.39 is 0 Å². The van der Waals surface area contributed by atoms with E-state index in [1.807, 2.05) is 65.3 Å². The fraction of sp³-hybridized carbons (Fsp3) is 0.286. The molecule has 0 saturated heterocycles. The lowest BCUT2D eigenvalue weighted by molar-refractivity contribution is 0.256. The lowest BCUT2D eigenvalue weighted by Crippen LogP contribution is -2.35. The fourth-order valence-corrected chi connectivity index (χ4v) is 3.32. The quantitative estimate of drug-likeness (QED) is 0.756. The highest BCUT2D eigenvalue weighted by Crippen LogP contribution is 2.19. The predicted octanol–water partition coefficient (Wildman–Crippen LogP) is 4.24. The van der Waals surface area contributed by atoms with Crippen LogP contribution in [-0.2, 0) is 19.5 Å². The summed E-state index contributed by atoms with van der Waals surface area (Å²) in [6.07, 6.45) is 4.45. The summed E-state index contributed by atoms with van der Waals surface area (Å²) >= 11 is 0. The number of urea groups is 1. The molecule has 0 bridgehead atoms. The molecule has 27 heavy (non-hydrogen) atoms. The maximum absolute atomic E-state index is 13.0. The third kappa shape index (κ3) is 4.16. The Labute approximate surface area is 158 Å². The number of carbonyl (C=O) groups is 1. The van der Waals surface area contributed by atoms with Crippen LogP contribution in [0.2, 0.25) is 0 Å². The minimum atomic E-state index is -0.197. The molecule has 138 valence electrons. The molecule has 0 radical (unpaired) electrons. The minimum Gasteiger partial charge on any atom is -0.308 e. The molecule has 1 aliphatic rings. The Bertz CT molecular complexity index is 868. The van der Waals surface area contributed by atoms with Crippen LogP contribution < -0.4 is 10.2 Å². The van der Waals surface area contributed by atoms with Crippen LogP contribution in [0.5, 0.6) is 0 Å². The Kier molecular flexibility index (Phi) is 5.14. The molecule has 1 aromatic heterocycles. The number of fused-ring (bicyclic) bond motifs is 1. The van der Waals surface area contributed by atoms with E-state index in [0.717, 1.165) is 43.0 Å². The van der Waals surface area contributed by atoms with Gasteiger partial charge in [0.05, 0.1) is 6.54 Å². The number of aryl methyl sites for hydroxylation is 2. The molecule has 4 rings (SSSR count). The maximum atomic E-state index is 13.0. The molecule has 0 atom stereocenters. The SMILES string of the molecule is O=C(Nc1ccccc1)N(Cc1nc2n(n1)CCCCC2)c1ccccc1. The molecule has 2 amide bonds. The van der Waals surface area contributed by atoms with Crippen LogP contribution in [0.25, 0.3) is 0 Å². The number of anilines is 2. The third-order valence-corrected chi connectivity index (χ3v) is 4.70. The summed E-state index contributed by atoms with van der Waals surface area (Å²) in [6, 6.07) is 18.9. The van der Waals surface area contributed by atoms with Crippen LogP contribution in [0.1, 0.15) is 30.9 Å². The first-order valence-corrected chi connectivity index (χ1v) is 9.41. The third-order valence-electron chi connectivity index (χ3n) is 4.70. The van der Waals surface area contributed by atoms with E-state index in [1.54, 1.807) is 4.90 Å². The zero-order valence-electron chi connectivity index (χ0n) is 15.2. The van der Waals surface area contributed by atoms with Gasteiger partial charge >= 0.3 is 6.03 Å². The van der Waals surface area contributed by atoms with E-state index in [4.69, 9.17) is 4.98 Å². The minimum absolute atomic E-state index is 0.197. The highest BCUT2D eigenvalue weighted by atomic mass is 16.2. The van der Waals surface area contributed by atoms with Gasteiger partial charge in [-0.1, -0.05) is 42.8 Å². The molecular weight excluding hydrogens is 338 g/mol. The number of amides is 2. The molecule has 0 unspecified atom stereocenters. The van der Waals surface area contributed by atoms with Gasteiger partial charge in [-0.3, -0.25) is 4.90 Å². The first-order valence-electron chi connectivity index (χ1n) is 9.41. The van der Waals surface area contributed by atoms with Gasteiger partial charge in [-0.15, -0.1) is 0 Å². The lowest BCUT2D eigenvalue weighted by Gasteiger charge is -2.22. The Morgan fingerprint density at radius 2 is 1.74 bits per heavy atom. The first kappa shape index (κ1) is 17.3. The summed E-state index contributed by atoms with van der Waals surface area (Å²) in [6.45, 7) is 1.24. The normalized spacial score (nSPS) is 13.5. The number of rotatable bonds is 4. The Balaban J connectivity index is 1.58. The van der Waals surface area contributed by atoms with E-state index in [-0.39, 0.29) is 6.03 Å². The standard InChI is InChI=1S/C21H23N5O/c27-21(22-17-10-4-1-5-11-17)25(18-12-6-2-7-13-18)16-19-23-20-14-8-3-9-15-26(20)24-19/h1-2,4-7,10-13H,3,8-9,14-16H2,(H,22,27). The number of carbonyl (C=O) groups excluding carboxylic acids is 1. The average Bonchev–Trinajstić information content (AvgIpc) is 2.96. The van der Waals surface area contributed by atoms with E-state index in [9.17, 15) is 4.79 Å². The molecule has 6 nitrogen and oxygen atoms in total. The topological polar surface area (TPSA) is 63.1 Å². The van der Waals surface area contributed by atoms with Crippen molar-refractivity contribution in [3.05, 3.63) is 72.3 Å². The molecule has 2 heterocycles. The van der Waals surface area contributed by atoms with Gasteiger partial charge < -0.3 is 5.32 Å². The van der Waals surface area contributed by atoms with Gasteiger partial charge in [0.25, 0.3) is 0 Å². The second kappa shape index (κ2) is 8.03. The van der Waals surface area contributed by atoms with Gasteiger partial charge in [0.1, 0.15) is 5.82 Å². The summed E-state index contributed by atoms with van der Waals surface area (Å²) in [5.74, 6) is 1.71. The van der Waals surface area contributed by atoms with Gasteiger partial charge in [-0.05, 0) is 37.1 Å². The van der Waals surface area contributed by atoms with Crippen molar-refractivity contribution in [2.24, 2.45) is 0 Å². The summed E-state index contributed by atoms with van der Waals surface area (Å²) in [7, 11) is 0. The number of nitrogens with one attached hydrogen (secondary N) is 1. The van der Waals surface area contributed by atoms with Crippen molar-refractivity contribution in [3.8, 4) is 0 Å². The summed E-state index contributed by atoms with van der Waals surface area (Å²) in [4.78, 5) is 19.3. The predicted molar refractivity (Wildman–Crippen MR) is 106 cm³/mol. The summed E-state index contributed by atoms with van der Waals surface area (Å²) in [5, 5.41) is 7.61. The Hall–Kier alpha value is -3.15. The van der Waals surface area contributed by atoms with Crippen molar-refractivity contribution in [3.63, 3.8) is 0 Å². The second-order valence-corrected chi connectivity index (χ2v) is 6.70. The molecule has 0 spiro atoms. The molecule has 6 heteroatoms. The largest absolute Gasteiger partial charge is 0.326 e. The molecule has 0 fully saturated rings. The van der Waals surface area contributed by atoms with Crippen molar-refractivity contribution in [1.29, 1.82) is 0 Å². The smallest absolute Gasteiger partial charge is 0.308 e. The van der Waals surface area contributed by atoms with Crippen LogP contribution >= 0.6 is 0 Å². The Morgan fingerprint density at radius 3 is 2.52 bits per heavy atom. The number of hydrogen-bond donors (Lipinski definition) is 1. The van der Waals surface area contributed by atoms with E-state index in [0.29, 0.717) is 12.4 Å². The first-order chi connectivity index (χ1) is 13.3. The van der Waals surface area contributed by atoms with Crippen molar-refractivity contribution in [2.75, 3.05) is 10.2 Å². The fourth-order valence-electron chi connectivity index (χ4n) is 3.32. The molecular formula is C21H23N5O.